The summed E-state index contributed by atoms with van der Waals surface area (Å²) in [5.74, 6) is 1.14. The molecule has 118 valence electrons. The Bertz CT molecular complexity index is 648. The van der Waals surface area contributed by atoms with Gasteiger partial charge in [0.15, 0.2) is 11.6 Å². The monoisotopic (exact) mass is 323 g/mol. The minimum atomic E-state index is -0.473. The average molecular weight is 324 g/mol. The van der Waals surface area contributed by atoms with Crippen molar-refractivity contribution in [3.63, 3.8) is 0 Å². The van der Waals surface area contributed by atoms with E-state index in [9.17, 15) is 4.39 Å². The van der Waals surface area contributed by atoms with Crippen LogP contribution in [0.1, 0.15) is 20.3 Å². The minimum absolute atomic E-state index is 0.0351. The van der Waals surface area contributed by atoms with Gasteiger partial charge in [0.1, 0.15) is 17.8 Å². The van der Waals surface area contributed by atoms with Crippen LogP contribution >= 0.6 is 11.6 Å². The van der Waals surface area contributed by atoms with Crippen LogP contribution in [0.4, 0.5) is 27.4 Å². The first kappa shape index (κ1) is 16.3. The summed E-state index contributed by atoms with van der Waals surface area (Å²) >= 11 is 5.76. The Balaban J connectivity index is 2.12. The van der Waals surface area contributed by atoms with E-state index in [1.54, 1.807) is 6.07 Å². The minimum Gasteiger partial charge on any atom is -0.393 e. The number of benzene rings is 1. The second kappa shape index (κ2) is 7.26. The van der Waals surface area contributed by atoms with Crippen LogP contribution in [0.25, 0.3) is 0 Å². The fourth-order valence-corrected chi connectivity index (χ4v) is 2.01. The molecular formula is C15H19ClFN5. The van der Waals surface area contributed by atoms with Gasteiger partial charge in [0.05, 0.1) is 5.02 Å². The highest BCUT2D eigenvalue weighted by atomic mass is 35.5. The lowest BCUT2D eigenvalue weighted by atomic mass is 10.1. The average Bonchev–Trinajstić information content (AvgIpc) is 2.46. The second-order valence-electron chi connectivity index (χ2n) is 5.35. The molecule has 22 heavy (non-hydrogen) atoms. The maximum absolute atomic E-state index is 13.2. The van der Waals surface area contributed by atoms with Gasteiger partial charge in [-0.25, -0.2) is 14.4 Å². The zero-order valence-electron chi connectivity index (χ0n) is 12.5. The highest BCUT2D eigenvalue weighted by molar-refractivity contribution is 6.31. The molecule has 2 rings (SSSR count). The largest absolute Gasteiger partial charge is 0.393 e. The third kappa shape index (κ3) is 4.21. The smallest absolute Gasteiger partial charge is 0.159 e. The van der Waals surface area contributed by atoms with Crippen LogP contribution in [-0.4, -0.2) is 16.5 Å². The first-order valence-electron chi connectivity index (χ1n) is 7.03. The van der Waals surface area contributed by atoms with Gasteiger partial charge in [-0.2, -0.15) is 0 Å². The summed E-state index contributed by atoms with van der Waals surface area (Å²) in [4.78, 5) is 8.24. The van der Waals surface area contributed by atoms with Gasteiger partial charge in [0.25, 0.3) is 0 Å². The van der Waals surface area contributed by atoms with E-state index in [1.165, 1.54) is 18.5 Å². The number of rotatable bonds is 6. The number of hydrogen-bond acceptors (Lipinski definition) is 5. The number of nitrogens with zero attached hydrogens (tertiary/aromatic N) is 2. The van der Waals surface area contributed by atoms with Crippen LogP contribution in [0.15, 0.2) is 24.5 Å². The number of anilines is 4. The molecule has 7 heteroatoms. The predicted octanol–water partition coefficient (Wildman–Crippen LogP) is 4.05. The van der Waals surface area contributed by atoms with E-state index in [2.05, 4.69) is 34.4 Å². The van der Waals surface area contributed by atoms with Gasteiger partial charge >= 0.3 is 0 Å². The van der Waals surface area contributed by atoms with Crippen molar-refractivity contribution in [1.82, 2.24) is 9.97 Å². The Morgan fingerprint density at radius 1 is 1.27 bits per heavy atom. The number of nitrogens with one attached hydrogen (secondary N) is 2. The fraction of sp³-hybridized carbons (Fsp3) is 0.333. The van der Waals surface area contributed by atoms with Crippen molar-refractivity contribution in [2.75, 3.05) is 22.9 Å². The van der Waals surface area contributed by atoms with Crippen molar-refractivity contribution in [3.8, 4) is 0 Å². The number of aromatic nitrogens is 2. The van der Waals surface area contributed by atoms with Crippen LogP contribution in [0.2, 0.25) is 5.02 Å². The molecule has 0 aliphatic rings. The molecule has 0 saturated carbocycles. The lowest BCUT2D eigenvalue weighted by molar-refractivity contribution is 0.606. The van der Waals surface area contributed by atoms with Crippen molar-refractivity contribution >= 4 is 34.6 Å². The zero-order chi connectivity index (χ0) is 16.1. The van der Waals surface area contributed by atoms with Crippen molar-refractivity contribution in [2.45, 2.75) is 20.3 Å². The summed E-state index contributed by atoms with van der Waals surface area (Å²) < 4.78 is 13.2. The van der Waals surface area contributed by atoms with Crippen LogP contribution in [0, 0.1) is 11.7 Å². The molecule has 0 atom stereocenters. The Morgan fingerprint density at radius 2 is 2.00 bits per heavy atom. The lowest BCUT2D eigenvalue weighted by Crippen LogP contribution is -2.10. The van der Waals surface area contributed by atoms with Gasteiger partial charge in [-0.05, 0) is 30.5 Å². The van der Waals surface area contributed by atoms with Gasteiger partial charge in [-0.1, -0.05) is 25.4 Å². The van der Waals surface area contributed by atoms with Gasteiger partial charge < -0.3 is 16.4 Å². The molecule has 1 aromatic carbocycles. The standard InChI is InChI=1S/C15H19ClFN5/c1-9(2)5-6-19-14-13(18)15(21-8-20-14)22-10-3-4-12(17)11(16)7-10/h3-4,7-9H,5-6,18H2,1-2H3,(H2,19,20,21,22). The highest BCUT2D eigenvalue weighted by Gasteiger charge is 2.09. The zero-order valence-corrected chi connectivity index (χ0v) is 13.3. The van der Waals surface area contributed by atoms with Crippen molar-refractivity contribution < 1.29 is 4.39 Å². The van der Waals surface area contributed by atoms with Crippen LogP contribution in [-0.2, 0) is 0 Å². The van der Waals surface area contributed by atoms with Gasteiger partial charge in [-0.3, -0.25) is 0 Å². The summed E-state index contributed by atoms with van der Waals surface area (Å²) in [5, 5.41) is 6.24. The number of halogens is 2. The summed E-state index contributed by atoms with van der Waals surface area (Å²) in [7, 11) is 0. The molecule has 5 nitrogen and oxygen atoms in total. The maximum atomic E-state index is 13.2. The SMILES string of the molecule is CC(C)CCNc1ncnc(Nc2ccc(F)c(Cl)c2)c1N. The van der Waals surface area contributed by atoms with E-state index >= 15 is 0 Å². The fourth-order valence-electron chi connectivity index (χ4n) is 1.83. The first-order chi connectivity index (χ1) is 10.5. The molecule has 0 radical (unpaired) electrons. The Labute approximate surface area is 134 Å². The topological polar surface area (TPSA) is 75.9 Å². The first-order valence-corrected chi connectivity index (χ1v) is 7.41. The van der Waals surface area contributed by atoms with Gasteiger partial charge in [-0.15, -0.1) is 0 Å². The molecule has 0 aliphatic heterocycles. The van der Waals surface area contributed by atoms with E-state index in [0.717, 1.165) is 13.0 Å². The Kier molecular flexibility index (Phi) is 5.38. The van der Waals surface area contributed by atoms with Crippen LogP contribution in [0.3, 0.4) is 0 Å². The maximum Gasteiger partial charge on any atom is 0.159 e. The van der Waals surface area contributed by atoms with E-state index < -0.39 is 5.82 Å². The molecule has 0 saturated heterocycles. The lowest BCUT2D eigenvalue weighted by Gasteiger charge is -2.13. The number of nitrogens with two attached hydrogens (primary N) is 1. The summed E-state index contributed by atoms with van der Waals surface area (Å²) in [6.45, 7) is 5.08. The molecule has 4 N–H and O–H groups in total. The van der Waals surface area contributed by atoms with E-state index in [0.29, 0.717) is 28.9 Å². The second-order valence-corrected chi connectivity index (χ2v) is 5.75. The van der Waals surface area contributed by atoms with Crippen LogP contribution in [0.5, 0.6) is 0 Å². The quantitative estimate of drug-likeness (QED) is 0.747. The van der Waals surface area contributed by atoms with Gasteiger partial charge in [0, 0.05) is 12.2 Å². The van der Waals surface area contributed by atoms with E-state index in [4.69, 9.17) is 17.3 Å². The third-order valence-corrected chi connectivity index (χ3v) is 3.37. The molecule has 0 fully saturated rings. The molecule has 0 spiro atoms. The Hall–Kier alpha value is -2.08. The molecule has 0 unspecified atom stereocenters. The molecule has 0 aliphatic carbocycles. The molecule has 0 bridgehead atoms. The van der Waals surface area contributed by atoms with E-state index in [1.807, 2.05) is 0 Å². The molecule has 2 aromatic rings. The number of nitrogen functional groups attached to an aromatic ring is 1. The predicted molar refractivity (Wildman–Crippen MR) is 89.1 cm³/mol. The highest BCUT2D eigenvalue weighted by Crippen LogP contribution is 2.27. The molecule has 0 amide bonds. The van der Waals surface area contributed by atoms with Crippen molar-refractivity contribution in [1.29, 1.82) is 0 Å². The van der Waals surface area contributed by atoms with Crippen LogP contribution < -0.4 is 16.4 Å². The van der Waals surface area contributed by atoms with Gasteiger partial charge in [0.2, 0.25) is 0 Å². The molecule has 1 aromatic heterocycles. The van der Waals surface area contributed by atoms with Crippen molar-refractivity contribution in [3.05, 3.63) is 35.4 Å². The Morgan fingerprint density at radius 3 is 2.68 bits per heavy atom. The summed E-state index contributed by atoms with van der Waals surface area (Å²) in [5.41, 5.74) is 7.07. The molecular weight excluding hydrogens is 305 g/mol. The number of hydrogen-bond donors (Lipinski definition) is 3. The summed E-state index contributed by atoms with van der Waals surface area (Å²) in [6.07, 6.45) is 2.43. The summed E-state index contributed by atoms with van der Waals surface area (Å²) in [6, 6.07) is 4.32. The van der Waals surface area contributed by atoms with E-state index in [-0.39, 0.29) is 5.02 Å². The molecule has 1 heterocycles. The third-order valence-electron chi connectivity index (χ3n) is 3.08. The van der Waals surface area contributed by atoms with Crippen molar-refractivity contribution in [2.24, 2.45) is 5.92 Å². The normalized spacial score (nSPS) is 10.8.